The summed E-state index contributed by atoms with van der Waals surface area (Å²) in [6.45, 7) is 3.36. The highest BCUT2D eigenvalue weighted by molar-refractivity contribution is 7.09. The van der Waals surface area contributed by atoms with Crippen molar-refractivity contribution in [3.8, 4) is 0 Å². The molecule has 0 aliphatic carbocycles. The van der Waals surface area contributed by atoms with Gasteiger partial charge in [0.15, 0.2) is 0 Å². The van der Waals surface area contributed by atoms with Crippen molar-refractivity contribution in [1.29, 1.82) is 0 Å². The van der Waals surface area contributed by atoms with Gasteiger partial charge in [-0.25, -0.2) is 0 Å². The maximum Gasteiger partial charge on any atom is 0.310 e. The molecule has 2 rings (SSSR count). The molecule has 1 aromatic carbocycles. The molecule has 1 aromatic heterocycles. The van der Waals surface area contributed by atoms with Crippen molar-refractivity contribution in [2.45, 2.75) is 25.9 Å². The number of benzene rings is 1. The largest absolute Gasteiger partial charge is 0.481 e. The maximum atomic E-state index is 10.9. The number of hydrogen-bond acceptors (Lipinski definition) is 3. The first kappa shape index (κ1) is 13.8. The van der Waals surface area contributed by atoms with Crippen molar-refractivity contribution in [1.82, 2.24) is 5.32 Å². The van der Waals surface area contributed by atoms with Gasteiger partial charge in [-0.3, -0.25) is 4.79 Å². The Morgan fingerprint density at radius 3 is 2.58 bits per heavy atom. The Morgan fingerprint density at radius 1 is 1.26 bits per heavy atom. The Balaban J connectivity index is 1.86. The Labute approximate surface area is 116 Å². The van der Waals surface area contributed by atoms with Crippen LogP contribution in [0.4, 0.5) is 0 Å². The second-order valence-electron chi connectivity index (χ2n) is 4.48. The molecule has 0 saturated carbocycles. The molecule has 0 spiro atoms. The molecule has 0 amide bonds. The topological polar surface area (TPSA) is 49.3 Å². The van der Waals surface area contributed by atoms with Gasteiger partial charge in [-0.2, -0.15) is 0 Å². The van der Waals surface area contributed by atoms with E-state index in [-0.39, 0.29) is 0 Å². The molecule has 100 valence electrons. The zero-order valence-corrected chi connectivity index (χ0v) is 11.6. The third-order valence-electron chi connectivity index (χ3n) is 3.06. The summed E-state index contributed by atoms with van der Waals surface area (Å²) >= 11 is 1.74. The van der Waals surface area contributed by atoms with E-state index in [9.17, 15) is 4.79 Å². The summed E-state index contributed by atoms with van der Waals surface area (Å²) in [6.07, 6.45) is 0. The van der Waals surface area contributed by atoms with Gasteiger partial charge in [0.1, 0.15) is 0 Å². The van der Waals surface area contributed by atoms with Gasteiger partial charge < -0.3 is 10.4 Å². The highest BCUT2D eigenvalue weighted by Crippen LogP contribution is 2.16. The van der Waals surface area contributed by atoms with Gasteiger partial charge in [0.25, 0.3) is 0 Å². The van der Waals surface area contributed by atoms with Crippen molar-refractivity contribution >= 4 is 17.3 Å². The molecule has 1 unspecified atom stereocenters. The summed E-state index contributed by atoms with van der Waals surface area (Å²) in [5.41, 5.74) is 2.01. The molecular weight excluding hydrogens is 258 g/mol. The average Bonchev–Trinajstić information content (AvgIpc) is 2.92. The minimum Gasteiger partial charge on any atom is -0.481 e. The van der Waals surface area contributed by atoms with Crippen LogP contribution >= 0.6 is 11.3 Å². The van der Waals surface area contributed by atoms with E-state index in [4.69, 9.17) is 5.11 Å². The van der Waals surface area contributed by atoms with E-state index >= 15 is 0 Å². The summed E-state index contributed by atoms with van der Waals surface area (Å²) in [4.78, 5) is 12.2. The van der Waals surface area contributed by atoms with Crippen LogP contribution in [-0.2, 0) is 17.9 Å². The Hall–Kier alpha value is -1.65. The van der Waals surface area contributed by atoms with Gasteiger partial charge in [0.2, 0.25) is 0 Å². The molecule has 0 radical (unpaired) electrons. The van der Waals surface area contributed by atoms with Crippen molar-refractivity contribution in [2.24, 2.45) is 0 Å². The Morgan fingerprint density at radius 2 is 2.00 bits per heavy atom. The SMILES string of the molecule is CC(C(=O)O)c1ccc(CNCc2cccs2)cc1. The fourth-order valence-corrected chi connectivity index (χ4v) is 2.48. The highest BCUT2D eigenvalue weighted by Gasteiger charge is 2.12. The van der Waals surface area contributed by atoms with Crippen LogP contribution in [0.5, 0.6) is 0 Å². The quantitative estimate of drug-likeness (QED) is 0.851. The van der Waals surface area contributed by atoms with Crippen LogP contribution in [0.25, 0.3) is 0 Å². The van der Waals surface area contributed by atoms with E-state index in [1.54, 1.807) is 18.3 Å². The predicted octanol–water partition coefficient (Wildman–Crippen LogP) is 3.23. The number of rotatable bonds is 6. The zero-order valence-electron chi connectivity index (χ0n) is 10.8. The van der Waals surface area contributed by atoms with Crippen LogP contribution in [0.1, 0.15) is 28.8 Å². The maximum absolute atomic E-state index is 10.9. The Kier molecular flexibility index (Phi) is 4.71. The summed E-state index contributed by atoms with van der Waals surface area (Å²) in [7, 11) is 0. The minimum atomic E-state index is -0.788. The molecular formula is C15H17NO2S. The van der Waals surface area contributed by atoms with Gasteiger partial charge in [-0.05, 0) is 29.5 Å². The second-order valence-corrected chi connectivity index (χ2v) is 5.52. The van der Waals surface area contributed by atoms with Crippen molar-refractivity contribution in [3.05, 3.63) is 57.8 Å². The number of carboxylic acid groups (broad SMARTS) is 1. The van der Waals surface area contributed by atoms with Crippen LogP contribution < -0.4 is 5.32 Å². The van der Waals surface area contributed by atoms with Gasteiger partial charge >= 0.3 is 5.97 Å². The van der Waals surface area contributed by atoms with Crippen LogP contribution in [-0.4, -0.2) is 11.1 Å². The van der Waals surface area contributed by atoms with E-state index in [2.05, 4.69) is 16.8 Å². The molecule has 1 atom stereocenters. The Bertz CT molecular complexity index is 520. The molecule has 0 aliphatic rings. The van der Waals surface area contributed by atoms with E-state index in [0.29, 0.717) is 0 Å². The lowest BCUT2D eigenvalue weighted by molar-refractivity contribution is -0.138. The number of carboxylic acids is 1. The molecule has 19 heavy (non-hydrogen) atoms. The molecule has 4 heteroatoms. The second kappa shape index (κ2) is 6.50. The predicted molar refractivity (Wildman–Crippen MR) is 77.4 cm³/mol. The first-order chi connectivity index (χ1) is 9.16. The molecule has 1 heterocycles. The first-order valence-corrected chi connectivity index (χ1v) is 7.09. The van der Waals surface area contributed by atoms with Gasteiger partial charge in [0, 0.05) is 18.0 Å². The third kappa shape index (κ3) is 3.91. The molecule has 2 aromatic rings. The lowest BCUT2D eigenvalue weighted by Crippen LogP contribution is -2.12. The van der Waals surface area contributed by atoms with Crippen LogP contribution in [0, 0.1) is 0 Å². The number of nitrogens with one attached hydrogen (secondary N) is 1. The molecule has 0 fully saturated rings. The smallest absolute Gasteiger partial charge is 0.310 e. The van der Waals surface area contributed by atoms with Gasteiger partial charge in [0.05, 0.1) is 5.92 Å². The van der Waals surface area contributed by atoms with E-state index in [1.807, 2.05) is 30.3 Å². The molecule has 2 N–H and O–H groups in total. The molecule has 3 nitrogen and oxygen atoms in total. The van der Waals surface area contributed by atoms with Crippen molar-refractivity contribution in [2.75, 3.05) is 0 Å². The number of hydrogen-bond donors (Lipinski definition) is 2. The molecule has 0 saturated heterocycles. The normalized spacial score (nSPS) is 12.3. The number of aliphatic carboxylic acids is 1. The van der Waals surface area contributed by atoms with Crippen molar-refractivity contribution in [3.63, 3.8) is 0 Å². The minimum absolute atomic E-state index is 0.451. The highest BCUT2D eigenvalue weighted by atomic mass is 32.1. The fraction of sp³-hybridized carbons (Fsp3) is 0.267. The van der Waals surface area contributed by atoms with E-state index in [0.717, 1.165) is 24.2 Å². The van der Waals surface area contributed by atoms with Crippen LogP contribution in [0.2, 0.25) is 0 Å². The lowest BCUT2D eigenvalue weighted by atomic mass is 10.0. The van der Waals surface area contributed by atoms with Crippen LogP contribution in [0.15, 0.2) is 41.8 Å². The average molecular weight is 275 g/mol. The fourth-order valence-electron chi connectivity index (χ4n) is 1.81. The summed E-state index contributed by atoms with van der Waals surface area (Å²) in [5.74, 6) is -1.24. The lowest BCUT2D eigenvalue weighted by Gasteiger charge is -2.08. The molecule has 0 bridgehead atoms. The van der Waals surface area contributed by atoms with Gasteiger partial charge in [-0.15, -0.1) is 11.3 Å². The molecule has 0 aliphatic heterocycles. The number of carbonyl (C=O) groups is 1. The first-order valence-electron chi connectivity index (χ1n) is 6.21. The number of thiophene rings is 1. The van der Waals surface area contributed by atoms with Crippen molar-refractivity contribution < 1.29 is 9.90 Å². The summed E-state index contributed by atoms with van der Waals surface area (Å²) in [6, 6.07) is 11.9. The zero-order chi connectivity index (χ0) is 13.7. The monoisotopic (exact) mass is 275 g/mol. The van der Waals surface area contributed by atoms with E-state index in [1.165, 1.54) is 4.88 Å². The standard InChI is InChI=1S/C15H17NO2S/c1-11(15(17)18)13-6-4-12(5-7-13)9-16-10-14-3-2-8-19-14/h2-8,11,16H,9-10H2,1H3,(H,17,18). The summed E-state index contributed by atoms with van der Waals surface area (Å²) in [5, 5.41) is 14.4. The summed E-state index contributed by atoms with van der Waals surface area (Å²) < 4.78 is 0. The third-order valence-corrected chi connectivity index (χ3v) is 3.93. The van der Waals surface area contributed by atoms with E-state index < -0.39 is 11.9 Å². The van der Waals surface area contributed by atoms with Gasteiger partial charge in [-0.1, -0.05) is 30.3 Å². The van der Waals surface area contributed by atoms with Crippen LogP contribution in [0.3, 0.4) is 0 Å².